The summed E-state index contributed by atoms with van der Waals surface area (Å²) >= 11 is 0. The lowest BCUT2D eigenvalue weighted by Gasteiger charge is -2.13. The van der Waals surface area contributed by atoms with Gasteiger partial charge >= 0.3 is 5.63 Å². The molecule has 6 nitrogen and oxygen atoms in total. The van der Waals surface area contributed by atoms with Crippen molar-refractivity contribution in [2.24, 2.45) is 0 Å². The number of hydrogen-bond donors (Lipinski definition) is 1. The van der Waals surface area contributed by atoms with Gasteiger partial charge in [-0.25, -0.2) is 13.6 Å². The highest BCUT2D eigenvalue weighted by atomic mass is 19.1. The average molecular weight is 389 g/mol. The minimum absolute atomic E-state index is 0.125. The summed E-state index contributed by atoms with van der Waals surface area (Å²) in [6.07, 6.45) is -0.338. The van der Waals surface area contributed by atoms with Crippen LogP contribution in [0.25, 0.3) is 11.0 Å². The Morgan fingerprint density at radius 2 is 1.89 bits per heavy atom. The van der Waals surface area contributed by atoms with Gasteiger partial charge in [0.05, 0.1) is 31.9 Å². The molecule has 0 unspecified atom stereocenters. The van der Waals surface area contributed by atoms with E-state index in [1.165, 1.54) is 14.2 Å². The molecule has 146 valence electrons. The van der Waals surface area contributed by atoms with Crippen molar-refractivity contribution in [3.63, 3.8) is 0 Å². The molecule has 0 aliphatic rings. The molecule has 0 saturated carbocycles. The SMILES string of the molecule is COc1ccc2c(C)c(CC(=O)Nc3ccc(F)cc3F)c(=O)oc2c1OC. The molecule has 0 aliphatic heterocycles. The number of nitrogens with one attached hydrogen (secondary N) is 1. The third kappa shape index (κ3) is 3.53. The molecule has 1 amide bonds. The third-order valence-corrected chi connectivity index (χ3v) is 4.34. The zero-order valence-corrected chi connectivity index (χ0v) is 15.4. The van der Waals surface area contributed by atoms with Gasteiger partial charge in [0, 0.05) is 11.5 Å². The number of carbonyl (C=O) groups excluding carboxylic acids is 1. The van der Waals surface area contributed by atoms with Crippen LogP contribution in [-0.4, -0.2) is 20.1 Å². The van der Waals surface area contributed by atoms with E-state index in [0.29, 0.717) is 22.8 Å². The lowest BCUT2D eigenvalue weighted by atomic mass is 10.0. The highest BCUT2D eigenvalue weighted by molar-refractivity contribution is 5.94. The van der Waals surface area contributed by atoms with Gasteiger partial charge in [0.2, 0.25) is 11.7 Å². The molecule has 28 heavy (non-hydrogen) atoms. The van der Waals surface area contributed by atoms with Gasteiger partial charge in [-0.05, 0) is 36.8 Å². The van der Waals surface area contributed by atoms with Crippen LogP contribution in [0.1, 0.15) is 11.1 Å². The smallest absolute Gasteiger partial charge is 0.340 e. The quantitative estimate of drug-likeness (QED) is 0.675. The molecular formula is C20H17F2NO5. The summed E-state index contributed by atoms with van der Waals surface area (Å²) in [5, 5.41) is 2.90. The first-order valence-corrected chi connectivity index (χ1v) is 8.28. The summed E-state index contributed by atoms with van der Waals surface area (Å²) in [5.74, 6) is -1.64. The largest absolute Gasteiger partial charge is 0.493 e. The van der Waals surface area contributed by atoms with Crippen molar-refractivity contribution >= 4 is 22.6 Å². The van der Waals surface area contributed by atoms with Crippen molar-refractivity contribution in [3.8, 4) is 11.5 Å². The molecule has 3 aromatic rings. The highest BCUT2D eigenvalue weighted by Gasteiger charge is 2.20. The van der Waals surface area contributed by atoms with E-state index in [4.69, 9.17) is 13.9 Å². The van der Waals surface area contributed by atoms with Crippen LogP contribution in [0.15, 0.2) is 39.5 Å². The summed E-state index contributed by atoms with van der Waals surface area (Å²) in [6, 6.07) is 6.14. The Labute approximate surface area is 158 Å². The van der Waals surface area contributed by atoms with Crippen molar-refractivity contribution in [1.82, 2.24) is 0 Å². The number of hydrogen-bond acceptors (Lipinski definition) is 5. The zero-order valence-electron chi connectivity index (χ0n) is 15.4. The maximum absolute atomic E-state index is 13.7. The van der Waals surface area contributed by atoms with Crippen molar-refractivity contribution in [2.45, 2.75) is 13.3 Å². The van der Waals surface area contributed by atoms with E-state index < -0.39 is 23.2 Å². The van der Waals surface area contributed by atoms with E-state index >= 15 is 0 Å². The molecule has 0 fully saturated rings. The maximum Gasteiger partial charge on any atom is 0.340 e. The summed E-state index contributed by atoms with van der Waals surface area (Å²) in [5.41, 5.74) is -0.0355. The van der Waals surface area contributed by atoms with Crippen LogP contribution in [-0.2, 0) is 11.2 Å². The summed E-state index contributed by atoms with van der Waals surface area (Å²) in [7, 11) is 2.88. The van der Waals surface area contributed by atoms with Gasteiger partial charge in [-0.15, -0.1) is 0 Å². The first-order valence-electron chi connectivity index (χ1n) is 8.28. The summed E-state index contributed by atoms with van der Waals surface area (Å²) in [4.78, 5) is 24.7. The molecule has 0 spiro atoms. The van der Waals surface area contributed by atoms with Crippen LogP contribution in [0.3, 0.4) is 0 Å². The molecule has 0 atom stereocenters. The average Bonchev–Trinajstić information content (AvgIpc) is 2.66. The van der Waals surface area contributed by atoms with Gasteiger partial charge in [-0.3, -0.25) is 4.79 Å². The minimum atomic E-state index is -0.910. The molecule has 2 aromatic carbocycles. The molecule has 0 saturated heterocycles. The molecule has 0 bridgehead atoms. The van der Waals surface area contributed by atoms with Crippen LogP contribution in [0, 0.1) is 18.6 Å². The van der Waals surface area contributed by atoms with Gasteiger partial charge in [0.25, 0.3) is 0 Å². The highest BCUT2D eigenvalue weighted by Crippen LogP contribution is 2.36. The van der Waals surface area contributed by atoms with Gasteiger partial charge in [-0.1, -0.05) is 0 Å². The normalized spacial score (nSPS) is 10.8. The fraction of sp³-hybridized carbons (Fsp3) is 0.200. The second-order valence-electron chi connectivity index (χ2n) is 6.02. The monoisotopic (exact) mass is 389 g/mol. The van der Waals surface area contributed by atoms with Gasteiger partial charge in [0.1, 0.15) is 11.6 Å². The van der Waals surface area contributed by atoms with E-state index in [0.717, 1.165) is 12.1 Å². The lowest BCUT2D eigenvalue weighted by Crippen LogP contribution is -2.21. The first kappa shape index (κ1) is 19.3. The number of benzene rings is 2. The van der Waals surface area contributed by atoms with Crippen LogP contribution in [0.2, 0.25) is 0 Å². The number of halogens is 2. The Morgan fingerprint density at radius 1 is 1.14 bits per heavy atom. The molecule has 3 rings (SSSR count). The van der Waals surface area contributed by atoms with Crippen molar-refractivity contribution in [1.29, 1.82) is 0 Å². The Morgan fingerprint density at radius 3 is 2.54 bits per heavy atom. The molecule has 0 aliphatic carbocycles. The van der Waals surface area contributed by atoms with Crippen LogP contribution < -0.4 is 20.4 Å². The fourth-order valence-corrected chi connectivity index (χ4v) is 2.92. The maximum atomic E-state index is 13.7. The van der Waals surface area contributed by atoms with Gasteiger partial charge in [-0.2, -0.15) is 0 Å². The topological polar surface area (TPSA) is 77.8 Å². The molecule has 1 heterocycles. The Bertz CT molecular complexity index is 1120. The molecule has 1 aromatic heterocycles. The summed E-state index contributed by atoms with van der Waals surface area (Å²) < 4.78 is 42.5. The number of anilines is 1. The second kappa shape index (κ2) is 7.67. The second-order valence-corrected chi connectivity index (χ2v) is 6.02. The van der Waals surface area contributed by atoms with Crippen molar-refractivity contribution in [2.75, 3.05) is 19.5 Å². The zero-order chi connectivity index (χ0) is 20.4. The van der Waals surface area contributed by atoms with E-state index in [1.54, 1.807) is 19.1 Å². The molecule has 0 radical (unpaired) electrons. The van der Waals surface area contributed by atoms with Crippen LogP contribution in [0.5, 0.6) is 11.5 Å². The summed E-state index contributed by atoms with van der Waals surface area (Å²) in [6.45, 7) is 1.67. The lowest BCUT2D eigenvalue weighted by molar-refractivity contribution is -0.115. The first-order chi connectivity index (χ1) is 13.3. The molecular weight excluding hydrogens is 372 g/mol. The predicted molar refractivity (Wildman–Crippen MR) is 99.0 cm³/mol. The van der Waals surface area contributed by atoms with E-state index in [9.17, 15) is 18.4 Å². The Balaban J connectivity index is 1.97. The van der Waals surface area contributed by atoms with Crippen molar-refractivity contribution in [3.05, 3.63) is 63.5 Å². The Kier molecular flexibility index (Phi) is 5.30. The molecule has 8 heteroatoms. The number of amides is 1. The van der Waals surface area contributed by atoms with Crippen molar-refractivity contribution < 1.29 is 27.5 Å². The Hall–Kier alpha value is -3.42. The number of rotatable bonds is 5. The molecule has 1 N–H and O–H groups in total. The fourth-order valence-electron chi connectivity index (χ4n) is 2.92. The van der Waals surface area contributed by atoms with Gasteiger partial charge in [0.15, 0.2) is 11.3 Å². The number of ether oxygens (including phenoxy) is 2. The number of fused-ring (bicyclic) bond motifs is 1. The third-order valence-electron chi connectivity index (χ3n) is 4.34. The van der Waals surface area contributed by atoms with Gasteiger partial charge < -0.3 is 19.2 Å². The number of carbonyl (C=O) groups is 1. The van der Waals surface area contributed by atoms with E-state index in [-0.39, 0.29) is 29.0 Å². The standard InChI is InChI=1S/C20H17F2NO5/c1-10-12-5-7-16(26-2)19(27-3)18(12)28-20(25)13(10)9-17(24)23-15-6-4-11(21)8-14(15)22/h4-8H,9H2,1-3H3,(H,23,24). The number of aryl methyl sites for hydroxylation is 1. The van der Waals surface area contributed by atoms with E-state index in [2.05, 4.69) is 5.32 Å². The predicted octanol–water partition coefficient (Wildman–Crippen LogP) is 3.58. The number of methoxy groups -OCH3 is 2. The van der Waals surface area contributed by atoms with E-state index in [1.807, 2.05) is 0 Å². The van der Waals surface area contributed by atoms with Crippen LogP contribution >= 0.6 is 0 Å². The van der Waals surface area contributed by atoms with Crippen LogP contribution in [0.4, 0.5) is 14.5 Å². The minimum Gasteiger partial charge on any atom is -0.493 e.